The lowest BCUT2D eigenvalue weighted by Gasteiger charge is -2.21. The molecule has 0 aromatic heterocycles. The fourth-order valence-electron chi connectivity index (χ4n) is 2.42. The molecule has 0 fully saturated rings. The second-order valence-electron chi connectivity index (χ2n) is 5.86. The molecular weight excluding hydrogens is 439 g/mol. The van der Waals surface area contributed by atoms with E-state index in [0.29, 0.717) is 12.1 Å². The van der Waals surface area contributed by atoms with Gasteiger partial charge in [0.25, 0.3) is 0 Å². The minimum Gasteiger partial charge on any atom is -0.507 e. The van der Waals surface area contributed by atoms with Gasteiger partial charge in [0.1, 0.15) is 17.1 Å². The van der Waals surface area contributed by atoms with Crippen LogP contribution in [0.5, 0.6) is 17.2 Å². The molecule has 0 saturated heterocycles. The Balaban J connectivity index is 2.73. The smallest absolute Gasteiger partial charge is 0.420 e. The van der Waals surface area contributed by atoms with Gasteiger partial charge >= 0.3 is 24.5 Å². The number of rotatable bonds is 4. The Morgan fingerprint density at radius 2 is 1.27 bits per heavy atom. The summed E-state index contributed by atoms with van der Waals surface area (Å²) in [7, 11) is 0. The van der Waals surface area contributed by atoms with Gasteiger partial charge < -0.3 is 14.9 Å². The molecule has 0 aliphatic carbocycles. The maximum atomic E-state index is 13.4. The number of ether oxygens (including phenoxy) is 1. The summed E-state index contributed by atoms with van der Waals surface area (Å²) in [5.41, 5.74) is -6.66. The van der Waals surface area contributed by atoms with Gasteiger partial charge in [0.15, 0.2) is 5.75 Å². The Morgan fingerprint density at radius 3 is 1.67 bits per heavy atom. The van der Waals surface area contributed by atoms with Crippen LogP contribution < -0.4 is 4.74 Å². The first kappa shape index (κ1) is 23.2. The largest absolute Gasteiger partial charge is 0.507 e. The van der Waals surface area contributed by atoms with Crippen LogP contribution in [-0.2, 0) is 29.7 Å². The normalized spacial score (nSPS) is 12.7. The van der Waals surface area contributed by atoms with Crippen molar-refractivity contribution in [2.75, 3.05) is 0 Å². The van der Waals surface area contributed by atoms with E-state index in [-0.39, 0.29) is 18.2 Å². The van der Waals surface area contributed by atoms with Crippen LogP contribution in [0.15, 0.2) is 30.3 Å². The zero-order valence-corrected chi connectivity index (χ0v) is 14.2. The third-order valence-electron chi connectivity index (χ3n) is 3.61. The lowest BCUT2D eigenvalue weighted by molar-refractivity contribution is -0.146. The molecular formula is C17H9F9O4. The first-order valence-electron chi connectivity index (χ1n) is 7.61. The maximum absolute atomic E-state index is 13.4. The molecule has 0 aliphatic rings. The summed E-state index contributed by atoms with van der Waals surface area (Å²) >= 11 is 0. The summed E-state index contributed by atoms with van der Waals surface area (Å²) in [6.45, 7) is 0. The van der Waals surface area contributed by atoms with Crippen molar-refractivity contribution in [3.8, 4) is 17.2 Å². The highest BCUT2D eigenvalue weighted by molar-refractivity contribution is 5.71. The minimum atomic E-state index is -5.46. The molecule has 2 rings (SSSR count). The Kier molecular flexibility index (Phi) is 5.88. The standard InChI is InChI=1S/C17H9F9O4/c18-15(19,20)9-6-8(1-2-12(9)27)30-14-10(16(21,22)23)3-7(5-13(28)29)4-11(14)17(24,25)26/h1-4,6,27H,5H2,(H,28,29). The number of halogens is 9. The van der Waals surface area contributed by atoms with Crippen LogP contribution in [0.2, 0.25) is 0 Å². The average Bonchev–Trinajstić information content (AvgIpc) is 2.54. The number of carboxylic acid groups (broad SMARTS) is 1. The number of alkyl halides is 9. The van der Waals surface area contributed by atoms with Crippen molar-refractivity contribution in [3.63, 3.8) is 0 Å². The fraction of sp³-hybridized carbons (Fsp3) is 0.235. The van der Waals surface area contributed by atoms with E-state index in [1.807, 2.05) is 0 Å². The van der Waals surface area contributed by atoms with E-state index < -0.39 is 70.4 Å². The Labute approximate surface area is 161 Å². The lowest BCUT2D eigenvalue weighted by Crippen LogP contribution is -2.16. The average molecular weight is 448 g/mol. The topological polar surface area (TPSA) is 66.8 Å². The Bertz CT molecular complexity index is 924. The van der Waals surface area contributed by atoms with Gasteiger partial charge in [-0.1, -0.05) is 0 Å². The van der Waals surface area contributed by atoms with E-state index in [1.54, 1.807) is 0 Å². The van der Waals surface area contributed by atoms with Gasteiger partial charge in [-0.3, -0.25) is 4.79 Å². The van der Waals surface area contributed by atoms with E-state index in [9.17, 15) is 49.4 Å². The number of aliphatic carboxylic acids is 1. The monoisotopic (exact) mass is 448 g/mol. The number of aromatic hydroxyl groups is 1. The number of benzene rings is 2. The third-order valence-corrected chi connectivity index (χ3v) is 3.61. The lowest BCUT2D eigenvalue weighted by atomic mass is 10.0. The molecule has 0 unspecified atom stereocenters. The van der Waals surface area contributed by atoms with Crippen LogP contribution in [0.25, 0.3) is 0 Å². The predicted octanol–water partition coefficient (Wildman–Crippen LogP) is 5.87. The molecule has 0 radical (unpaired) electrons. The molecule has 2 aromatic rings. The van der Waals surface area contributed by atoms with Crippen molar-refractivity contribution >= 4 is 5.97 Å². The molecule has 4 nitrogen and oxygen atoms in total. The molecule has 2 N–H and O–H groups in total. The van der Waals surface area contributed by atoms with E-state index in [1.165, 1.54) is 0 Å². The summed E-state index contributed by atoms with van der Waals surface area (Å²) in [6.07, 6.45) is -17.3. The van der Waals surface area contributed by atoms with Crippen LogP contribution in [0.1, 0.15) is 22.3 Å². The molecule has 0 aliphatic heterocycles. The highest BCUT2D eigenvalue weighted by Crippen LogP contribution is 2.47. The maximum Gasteiger partial charge on any atom is 0.420 e. The number of hydrogen-bond donors (Lipinski definition) is 2. The molecule has 30 heavy (non-hydrogen) atoms. The Morgan fingerprint density at radius 1 is 0.800 bits per heavy atom. The first-order valence-corrected chi connectivity index (χ1v) is 7.61. The van der Waals surface area contributed by atoms with Crippen LogP contribution in [-0.4, -0.2) is 16.2 Å². The van der Waals surface area contributed by atoms with Gasteiger partial charge in [-0.25, -0.2) is 0 Å². The number of carbonyl (C=O) groups is 1. The molecule has 0 heterocycles. The zero-order chi connectivity index (χ0) is 23.1. The molecule has 0 spiro atoms. The van der Waals surface area contributed by atoms with Crippen molar-refractivity contribution in [2.45, 2.75) is 24.9 Å². The number of carboxylic acids is 1. The van der Waals surface area contributed by atoms with Crippen LogP contribution in [0.4, 0.5) is 39.5 Å². The molecule has 0 atom stereocenters. The van der Waals surface area contributed by atoms with E-state index in [4.69, 9.17) is 5.11 Å². The van der Waals surface area contributed by atoms with Crippen LogP contribution >= 0.6 is 0 Å². The molecule has 0 bridgehead atoms. The molecule has 13 heteroatoms. The Hall–Kier alpha value is -3.12. The van der Waals surface area contributed by atoms with Gasteiger partial charge in [0, 0.05) is 0 Å². The van der Waals surface area contributed by atoms with Gasteiger partial charge in [-0.2, -0.15) is 39.5 Å². The third kappa shape index (κ3) is 5.27. The fourth-order valence-corrected chi connectivity index (χ4v) is 2.42. The van der Waals surface area contributed by atoms with Crippen LogP contribution in [0.3, 0.4) is 0 Å². The highest BCUT2D eigenvalue weighted by Gasteiger charge is 2.43. The number of hydrogen-bond acceptors (Lipinski definition) is 3. The van der Waals surface area contributed by atoms with Gasteiger partial charge in [0.05, 0.1) is 17.5 Å². The molecule has 2 aromatic carbocycles. The number of phenols is 1. The van der Waals surface area contributed by atoms with Crippen molar-refractivity contribution in [3.05, 3.63) is 52.6 Å². The van der Waals surface area contributed by atoms with Crippen molar-refractivity contribution in [2.24, 2.45) is 0 Å². The van der Waals surface area contributed by atoms with Crippen molar-refractivity contribution in [1.29, 1.82) is 0 Å². The van der Waals surface area contributed by atoms with E-state index in [2.05, 4.69) is 4.74 Å². The SMILES string of the molecule is O=C(O)Cc1cc(C(F)(F)F)c(Oc2ccc(O)c(C(F)(F)F)c2)c(C(F)(F)F)c1. The first-order chi connectivity index (χ1) is 13.5. The predicted molar refractivity (Wildman–Crippen MR) is 81.0 cm³/mol. The van der Waals surface area contributed by atoms with Gasteiger partial charge in [-0.15, -0.1) is 0 Å². The zero-order valence-electron chi connectivity index (χ0n) is 14.2. The minimum absolute atomic E-state index is 0.0286. The second-order valence-corrected chi connectivity index (χ2v) is 5.86. The van der Waals surface area contributed by atoms with Gasteiger partial charge in [0.2, 0.25) is 0 Å². The number of phenolic OH excluding ortho intramolecular Hbond substituents is 1. The summed E-state index contributed by atoms with van der Waals surface area (Å²) in [6, 6.07) is 1.15. The van der Waals surface area contributed by atoms with E-state index in [0.717, 1.165) is 0 Å². The van der Waals surface area contributed by atoms with E-state index >= 15 is 0 Å². The highest BCUT2D eigenvalue weighted by atomic mass is 19.4. The molecule has 0 amide bonds. The second kappa shape index (κ2) is 7.61. The summed E-state index contributed by atoms with van der Waals surface area (Å²) < 4.78 is 123. The summed E-state index contributed by atoms with van der Waals surface area (Å²) in [4.78, 5) is 10.7. The summed E-state index contributed by atoms with van der Waals surface area (Å²) in [5, 5.41) is 17.9. The van der Waals surface area contributed by atoms with Crippen molar-refractivity contribution < 1.29 is 59.3 Å². The molecule has 164 valence electrons. The van der Waals surface area contributed by atoms with Crippen LogP contribution in [0, 0.1) is 0 Å². The van der Waals surface area contributed by atoms with Gasteiger partial charge in [-0.05, 0) is 35.9 Å². The quantitative estimate of drug-likeness (QED) is 0.575. The van der Waals surface area contributed by atoms with Crippen molar-refractivity contribution in [1.82, 2.24) is 0 Å². The molecule has 0 saturated carbocycles. The summed E-state index contributed by atoms with van der Waals surface area (Å²) in [5.74, 6) is -5.96.